The van der Waals surface area contributed by atoms with E-state index in [-0.39, 0.29) is 5.78 Å². The summed E-state index contributed by atoms with van der Waals surface area (Å²) in [6.07, 6.45) is 7.55. The fourth-order valence-electron chi connectivity index (χ4n) is 4.48. The summed E-state index contributed by atoms with van der Waals surface area (Å²) in [5.41, 5.74) is 9.95. The van der Waals surface area contributed by atoms with Gasteiger partial charge in [0.2, 0.25) is 0 Å². The number of carbonyl (C=O) groups excluding carboxylic acids is 2. The molecule has 0 unspecified atom stereocenters. The van der Waals surface area contributed by atoms with E-state index in [1.165, 1.54) is 19.2 Å². The van der Waals surface area contributed by atoms with Gasteiger partial charge < -0.3 is 16.0 Å². The first-order chi connectivity index (χ1) is 17.1. The van der Waals surface area contributed by atoms with Crippen LogP contribution < -0.4 is 16.0 Å². The van der Waals surface area contributed by atoms with Gasteiger partial charge in [0.05, 0.1) is 23.0 Å². The Balaban J connectivity index is 1.29. The molecule has 0 atom stereocenters. The van der Waals surface area contributed by atoms with Crippen LogP contribution >= 0.6 is 0 Å². The third kappa shape index (κ3) is 4.96. The third-order valence-corrected chi connectivity index (χ3v) is 6.26. The average molecular weight is 467 g/mol. The van der Waals surface area contributed by atoms with Crippen molar-refractivity contribution in [2.24, 2.45) is 5.73 Å². The lowest BCUT2D eigenvalue weighted by Gasteiger charge is -2.17. The van der Waals surface area contributed by atoms with E-state index in [4.69, 9.17) is 5.73 Å². The number of nitrogens with zero attached hydrogens (tertiary/aromatic N) is 4. The van der Waals surface area contributed by atoms with E-state index >= 15 is 0 Å². The van der Waals surface area contributed by atoms with E-state index in [1.54, 1.807) is 18.3 Å². The predicted octanol–water partition coefficient (Wildman–Crippen LogP) is 3.76. The molecular weight excluding hydrogens is 440 g/mol. The molecular formula is C27H26N6O2. The number of pyridine rings is 1. The molecule has 1 aliphatic heterocycles. The molecule has 1 aliphatic rings. The second kappa shape index (κ2) is 9.89. The van der Waals surface area contributed by atoms with Crippen LogP contribution in [0.4, 0.5) is 11.5 Å². The number of para-hydroxylation sites is 1. The highest BCUT2D eigenvalue weighted by molar-refractivity contribution is 6.06. The lowest BCUT2D eigenvalue weighted by atomic mass is 10.0. The summed E-state index contributed by atoms with van der Waals surface area (Å²) in [4.78, 5) is 39.8. The number of hydrogen-bond donors (Lipinski definition) is 2. The molecule has 8 heteroatoms. The van der Waals surface area contributed by atoms with Crippen LogP contribution in [-0.2, 0) is 13.0 Å². The summed E-state index contributed by atoms with van der Waals surface area (Å²) in [7, 11) is 0. The van der Waals surface area contributed by atoms with E-state index in [9.17, 15) is 9.59 Å². The van der Waals surface area contributed by atoms with Crippen LogP contribution in [0.3, 0.4) is 0 Å². The SMILES string of the molecule is NC(=O)c1cccc2c(NCc3cccc(CC(=O)c4cncc(N5CCCC5)c4)c3)ncnc12. The number of fused-ring (bicyclic) bond motifs is 1. The molecule has 3 heterocycles. The molecule has 0 aliphatic carbocycles. The molecule has 35 heavy (non-hydrogen) atoms. The molecule has 0 bridgehead atoms. The van der Waals surface area contributed by atoms with E-state index in [1.807, 2.05) is 42.6 Å². The summed E-state index contributed by atoms with van der Waals surface area (Å²) in [6.45, 7) is 2.53. The highest BCUT2D eigenvalue weighted by Crippen LogP contribution is 2.23. The topological polar surface area (TPSA) is 114 Å². The zero-order chi connectivity index (χ0) is 24.2. The molecule has 4 aromatic rings. The number of nitrogens with one attached hydrogen (secondary N) is 1. The number of ketones is 1. The van der Waals surface area contributed by atoms with E-state index in [0.29, 0.717) is 35.4 Å². The van der Waals surface area contributed by atoms with Crippen LogP contribution in [0.5, 0.6) is 0 Å². The minimum atomic E-state index is -0.529. The van der Waals surface area contributed by atoms with Gasteiger partial charge in [-0.1, -0.05) is 30.3 Å². The zero-order valence-electron chi connectivity index (χ0n) is 19.3. The van der Waals surface area contributed by atoms with Gasteiger partial charge in [-0.05, 0) is 42.2 Å². The summed E-state index contributed by atoms with van der Waals surface area (Å²) >= 11 is 0. The number of aromatic nitrogens is 3. The van der Waals surface area contributed by atoms with Gasteiger partial charge in [-0.2, -0.15) is 0 Å². The summed E-state index contributed by atoms with van der Waals surface area (Å²) in [5.74, 6) is 0.132. The van der Waals surface area contributed by atoms with Gasteiger partial charge >= 0.3 is 0 Å². The number of hydrogen-bond acceptors (Lipinski definition) is 7. The van der Waals surface area contributed by atoms with Crippen LogP contribution in [0.1, 0.15) is 44.7 Å². The zero-order valence-corrected chi connectivity index (χ0v) is 19.3. The van der Waals surface area contributed by atoms with E-state index in [2.05, 4.69) is 25.2 Å². The molecule has 0 radical (unpaired) electrons. The van der Waals surface area contributed by atoms with Crippen molar-refractivity contribution in [3.05, 3.63) is 89.5 Å². The standard InChI is InChI=1S/C27H26N6O2/c28-26(35)22-7-4-8-23-25(22)31-17-32-27(23)30-14-19-6-3-5-18(11-19)12-24(34)20-13-21(16-29-15-20)33-9-1-2-10-33/h3-8,11,13,15-17H,1-2,9-10,12,14H2,(H2,28,35)(H,30,31,32). The Bertz CT molecular complexity index is 1400. The Labute approximate surface area is 203 Å². The maximum atomic E-state index is 13.0. The maximum Gasteiger partial charge on any atom is 0.250 e. The number of rotatable bonds is 8. The van der Waals surface area contributed by atoms with E-state index in [0.717, 1.165) is 35.3 Å². The average Bonchev–Trinajstić information content (AvgIpc) is 3.42. The molecule has 2 aromatic carbocycles. The van der Waals surface area contributed by atoms with Crippen molar-refractivity contribution in [3.8, 4) is 0 Å². The number of anilines is 2. The van der Waals surface area contributed by atoms with Crippen LogP contribution in [0.15, 0.2) is 67.3 Å². The number of amides is 1. The van der Waals surface area contributed by atoms with Crippen molar-refractivity contribution in [2.75, 3.05) is 23.3 Å². The minimum absolute atomic E-state index is 0.0458. The number of Topliss-reactive ketones (excluding diaryl/α,β-unsaturated/α-hetero) is 1. The number of nitrogens with two attached hydrogens (primary N) is 1. The predicted molar refractivity (Wildman–Crippen MR) is 136 cm³/mol. The van der Waals surface area contributed by atoms with Crippen LogP contribution in [0, 0.1) is 0 Å². The van der Waals surface area contributed by atoms with Gasteiger partial charge in [0.15, 0.2) is 5.78 Å². The molecule has 0 saturated carbocycles. The van der Waals surface area contributed by atoms with Crippen molar-refractivity contribution in [1.29, 1.82) is 0 Å². The summed E-state index contributed by atoms with van der Waals surface area (Å²) in [6, 6.07) is 15.1. The Morgan fingerprint density at radius 1 is 0.971 bits per heavy atom. The molecule has 8 nitrogen and oxygen atoms in total. The second-order valence-electron chi connectivity index (χ2n) is 8.69. The second-order valence-corrected chi connectivity index (χ2v) is 8.69. The van der Waals surface area contributed by atoms with Crippen molar-refractivity contribution < 1.29 is 9.59 Å². The molecule has 0 spiro atoms. The maximum absolute atomic E-state index is 13.0. The van der Waals surface area contributed by atoms with Crippen LogP contribution in [0.2, 0.25) is 0 Å². The van der Waals surface area contributed by atoms with Gasteiger partial charge in [0.1, 0.15) is 12.1 Å². The fraction of sp³-hybridized carbons (Fsp3) is 0.222. The molecule has 1 amide bonds. The molecule has 176 valence electrons. The first kappa shape index (κ1) is 22.5. The van der Waals surface area contributed by atoms with Crippen molar-refractivity contribution in [1.82, 2.24) is 15.0 Å². The van der Waals surface area contributed by atoms with Gasteiger partial charge in [-0.15, -0.1) is 0 Å². The van der Waals surface area contributed by atoms with Gasteiger partial charge in [-0.3, -0.25) is 14.6 Å². The minimum Gasteiger partial charge on any atom is -0.370 e. The lowest BCUT2D eigenvalue weighted by molar-refractivity contribution is 0.0987. The largest absolute Gasteiger partial charge is 0.370 e. The Morgan fingerprint density at radius 2 is 1.77 bits per heavy atom. The number of primary amides is 1. The monoisotopic (exact) mass is 466 g/mol. The summed E-state index contributed by atoms with van der Waals surface area (Å²) in [5, 5.41) is 4.04. The van der Waals surface area contributed by atoms with Gasteiger partial charge in [-0.25, -0.2) is 9.97 Å². The number of benzene rings is 2. The Hall–Kier alpha value is -4.33. The lowest BCUT2D eigenvalue weighted by Crippen LogP contribution is -2.18. The summed E-state index contributed by atoms with van der Waals surface area (Å²) < 4.78 is 0. The van der Waals surface area contributed by atoms with Crippen LogP contribution in [-0.4, -0.2) is 39.7 Å². The molecule has 3 N–H and O–H groups in total. The highest BCUT2D eigenvalue weighted by atomic mass is 16.1. The number of carbonyl (C=O) groups is 2. The molecule has 1 fully saturated rings. The van der Waals surface area contributed by atoms with E-state index < -0.39 is 5.91 Å². The quantitative estimate of drug-likeness (QED) is 0.380. The van der Waals surface area contributed by atoms with Gasteiger partial charge in [0.25, 0.3) is 5.91 Å². The molecule has 2 aromatic heterocycles. The fourth-order valence-corrected chi connectivity index (χ4v) is 4.48. The van der Waals surface area contributed by atoms with Gasteiger partial charge in [0, 0.05) is 43.2 Å². The Kier molecular flexibility index (Phi) is 6.34. The normalized spacial score (nSPS) is 13.2. The smallest absolute Gasteiger partial charge is 0.250 e. The molecule has 5 rings (SSSR count). The Morgan fingerprint density at radius 3 is 2.60 bits per heavy atom. The first-order valence-corrected chi connectivity index (χ1v) is 11.7. The third-order valence-electron chi connectivity index (χ3n) is 6.26. The molecule has 1 saturated heterocycles. The van der Waals surface area contributed by atoms with Crippen molar-refractivity contribution in [2.45, 2.75) is 25.8 Å². The van der Waals surface area contributed by atoms with Crippen molar-refractivity contribution in [3.63, 3.8) is 0 Å². The van der Waals surface area contributed by atoms with Crippen molar-refractivity contribution >= 4 is 34.1 Å². The van der Waals surface area contributed by atoms with Crippen LogP contribution in [0.25, 0.3) is 10.9 Å². The highest BCUT2D eigenvalue weighted by Gasteiger charge is 2.16. The first-order valence-electron chi connectivity index (χ1n) is 11.7.